The Morgan fingerprint density at radius 2 is 1.86 bits per heavy atom. The third-order valence-electron chi connectivity index (χ3n) is 7.25. The fraction of sp³-hybridized carbons (Fsp3) is 0.200. The molecule has 218 valence electrons. The van der Waals surface area contributed by atoms with Crippen molar-refractivity contribution in [2.75, 3.05) is 6.54 Å². The van der Waals surface area contributed by atoms with E-state index in [0.29, 0.717) is 10.9 Å². The molecule has 3 aromatic carbocycles. The molecule has 0 spiro atoms. The number of alkyl halides is 1. The predicted molar refractivity (Wildman–Crippen MR) is 152 cm³/mol. The summed E-state index contributed by atoms with van der Waals surface area (Å²) in [5, 5.41) is 15.5. The number of Topliss-reactive ketones (excluding diaryl/α,β-unsaturated/α-hetero) is 1. The number of hydrogen-bond donors (Lipinski definition) is 2. The summed E-state index contributed by atoms with van der Waals surface area (Å²) in [4.78, 5) is 51.8. The summed E-state index contributed by atoms with van der Waals surface area (Å²) in [5.41, 5.74) is 6.12. The lowest BCUT2D eigenvalue weighted by molar-refractivity contribution is -0.138. The van der Waals surface area contributed by atoms with Crippen LogP contribution in [0.15, 0.2) is 60.7 Å². The topological polar surface area (TPSA) is 151 Å². The molecule has 1 saturated heterocycles. The Labute approximate surface area is 248 Å². The van der Waals surface area contributed by atoms with E-state index >= 15 is 4.39 Å². The Balaban J connectivity index is 1.38. The minimum atomic E-state index is -1.47. The van der Waals surface area contributed by atoms with Gasteiger partial charge in [-0.2, -0.15) is 10.4 Å². The van der Waals surface area contributed by atoms with Crippen LogP contribution in [0.2, 0.25) is 5.02 Å². The van der Waals surface area contributed by atoms with Gasteiger partial charge in [0.15, 0.2) is 17.7 Å². The van der Waals surface area contributed by atoms with Crippen molar-refractivity contribution >= 4 is 46.0 Å². The molecule has 43 heavy (non-hydrogen) atoms. The van der Waals surface area contributed by atoms with Crippen LogP contribution in [0.1, 0.15) is 32.8 Å². The monoisotopic (exact) mass is 604 g/mol. The number of nitrogens with zero attached hydrogens (tertiary/aromatic N) is 4. The highest BCUT2D eigenvalue weighted by Crippen LogP contribution is 2.33. The lowest BCUT2D eigenvalue weighted by atomic mass is 9.96. The second-order valence-electron chi connectivity index (χ2n) is 9.96. The standard InChI is InChI=1S/C30H23ClF2N6O4/c31-22-9-8-17(30(43)36-15-34)10-21(22)19-6-3-4-16(27(19)33)11-25(40)24-12-18(32)13-38(24)26(41)14-39-23-7-2-1-5-20(23)28(37-39)29(35)42/h1-10,18,24H,11-14H2,(H2,35,42)(H,36,43)/t18-,24+/m1/s1. The highest BCUT2D eigenvalue weighted by molar-refractivity contribution is 6.33. The lowest BCUT2D eigenvalue weighted by Crippen LogP contribution is -2.43. The summed E-state index contributed by atoms with van der Waals surface area (Å²) < 4.78 is 31.6. The molecular formula is C30H23ClF2N6O4. The number of ketones is 1. The van der Waals surface area contributed by atoms with Gasteiger partial charge in [0.2, 0.25) is 5.91 Å². The largest absolute Gasteiger partial charge is 0.364 e. The van der Waals surface area contributed by atoms with Crippen LogP contribution in [0.4, 0.5) is 8.78 Å². The normalized spacial score (nSPS) is 16.2. The quantitative estimate of drug-likeness (QED) is 0.232. The van der Waals surface area contributed by atoms with E-state index in [9.17, 15) is 23.6 Å². The Bertz CT molecular complexity index is 1840. The fourth-order valence-corrected chi connectivity index (χ4v) is 5.46. The summed E-state index contributed by atoms with van der Waals surface area (Å²) in [6.45, 7) is -0.699. The minimum absolute atomic E-state index is 0.00989. The molecule has 1 aromatic heterocycles. The number of amides is 3. The second kappa shape index (κ2) is 12.0. The molecule has 0 radical (unpaired) electrons. The Kier molecular flexibility index (Phi) is 8.18. The Morgan fingerprint density at radius 1 is 1.09 bits per heavy atom. The third kappa shape index (κ3) is 5.80. The fourth-order valence-electron chi connectivity index (χ4n) is 5.24. The first-order valence-electron chi connectivity index (χ1n) is 13.1. The number of hydrogen-bond acceptors (Lipinski definition) is 6. The first-order chi connectivity index (χ1) is 20.6. The number of halogens is 3. The number of aromatic nitrogens is 2. The van der Waals surface area contributed by atoms with Crippen molar-refractivity contribution in [2.45, 2.75) is 31.6 Å². The van der Waals surface area contributed by atoms with Crippen molar-refractivity contribution < 1.29 is 28.0 Å². The van der Waals surface area contributed by atoms with E-state index < -0.39 is 48.0 Å². The Morgan fingerprint density at radius 3 is 2.60 bits per heavy atom. The Hall–Kier alpha value is -5.15. The van der Waals surface area contributed by atoms with Gasteiger partial charge < -0.3 is 10.6 Å². The third-order valence-corrected chi connectivity index (χ3v) is 7.58. The molecule has 0 aliphatic carbocycles. The van der Waals surface area contributed by atoms with Gasteiger partial charge in [-0.15, -0.1) is 0 Å². The number of benzene rings is 3. The molecule has 0 saturated carbocycles. The molecule has 0 unspecified atom stereocenters. The highest BCUT2D eigenvalue weighted by Gasteiger charge is 2.40. The zero-order valence-electron chi connectivity index (χ0n) is 22.4. The number of para-hydroxylation sites is 1. The summed E-state index contributed by atoms with van der Waals surface area (Å²) in [7, 11) is 0. The van der Waals surface area contributed by atoms with Gasteiger partial charge in [-0.05, 0) is 29.8 Å². The zero-order chi connectivity index (χ0) is 30.8. The van der Waals surface area contributed by atoms with E-state index in [-0.39, 0.29) is 52.5 Å². The maximum atomic E-state index is 15.7. The average Bonchev–Trinajstić information content (AvgIpc) is 3.56. The average molecular weight is 605 g/mol. The summed E-state index contributed by atoms with van der Waals surface area (Å²) in [6, 6.07) is 13.9. The minimum Gasteiger partial charge on any atom is -0.364 e. The van der Waals surface area contributed by atoms with Crippen LogP contribution in [0.3, 0.4) is 0 Å². The first-order valence-corrected chi connectivity index (χ1v) is 13.4. The van der Waals surface area contributed by atoms with Crippen molar-refractivity contribution in [3.05, 3.63) is 88.3 Å². The van der Waals surface area contributed by atoms with Crippen molar-refractivity contribution in [1.29, 1.82) is 5.26 Å². The molecule has 10 nitrogen and oxygen atoms in total. The number of primary amides is 1. The maximum absolute atomic E-state index is 15.7. The second-order valence-corrected chi connectivity index (χ2v) is 10.4. The van der Waals surface area contributed by atoms with E-state index in [4.69, 9.17) is 22.6 Å². The van der Waals surface area contributed by atoms with Crippen molar-refractivity contribution in [2.24, 2.45) is 5.73 Å². The van der Waals surface area contributed by atoms with E-state index in [1.165, 1.54) is 47.3 Å². The van der Waals surface area contributed by atoms with Crippen LogP contribution in [0.5, 0.6) is 0 Å². The van der Waals surface area contributed by atoms with Crippen LogP contribution < -0.4 is 11.1 Å². The molecule has 4 aromatic rings. The number of nitrogens with two attached hydrogens (primary N) is 1. The molecule has 3 amide bonds. The number of nitrogens with one attached hydrogen (secondary N) is 1. The van der Waals surface area contributed by atoms with Crippen LogP contribution in [0.25, 0.3) is 22.0 Å². The van der Waals surface area contributed by atoms with Gasteiger partial charge in [0.1, 0.15) is 18.5 Å². The van der Waals surface area contributed by atoms with Crippen LogP contribution >= 0.6 is 11.6 Å². The molecule has 1 fully saturated rings. The van der Waals surface area contributed by atoms with E-state index in [0.717, 1.165) is 4.90 Å². The highest BCUT2D eigenvalue weighted by atomic mass is 35.5. The number of carbonyl (C=O) groups is 4. The van der Waals surface area contributed by atoms with Crippen molar-refractivity contribution in [1.82, 2.24) is 20.0 Å². The first kappa shape index (κ1) is 29.3. The molecule has 0 bridgehead atoms. The summed E-state index contributed by atoms with van der Waals surface area (Å²) >= 11 is 6.29. The van der Waals surface area contributed by atoms with Gasteiger partial charge in [-0.3, -0.25) is 29.2 Å². The lowest BCUT2D eigenvalue weighted by Gasteiger charge is -2.23. The van der Waals surface area contributed by atoms with Gasteiger partial charge in [0, 0.05) is 39.9 Å². The predicted octanol–water partition coefficient (Wildman–Crippen LogP) is 3.56. The van der Waals surface area contributed by atoms with Crippen LogP contribution in [0, 0.1) is 17.3 Å². The molecule has 3 N–H and O–H groups in total. The van der Waals surface area contributed by atoms with E-state index in [2.05, 4.69) is 5.10 Å². The van der Waals surface area contributed by atoms with Crippen LogP contribution in [-0.2, 0) is 22.6 Å². The molecule has 1 aliphatic heterocycles. The van der Waals surface area contributed by atoms with E-state index in [1.807, 2.05) is 5.32 Å². The molecule has 2 heterocycles. The SMILES string of the molecule is N#CNC(=O)c1ccc(Cl)c(-c2cccc(CC(=O)[C@@H]3C[C@@H](F)CN3C(=O)Cn3nc(C(N)=O)c4ccccc43)c2F)c1. The smallest absolute Gasteiger partial charge is 0.269 e. The number of nitriles is 1. The molecule has 1 aliphatic rings. The number of fused-ring (bicyclic) bond motifs is 1. The van der Waals surface area contributed by atoms with Crippen molar-refractivity contribution in [3.63, 3.8) is 0 Å². The molecule has 5 rings (SSSR count). The molecule has 13 heteroatoms. The summed E-state index contributed by atoms with van der Waals surface area (Å²) in [6.07, 6.45) is -0.630. The van der Waals surface area contributed by atoms with Gasteiger partial charge in [0.25, 0.3) is 11.8 Å². The van der Waals surface area contributed by atoms with Crippen LogP contribution in [-0.4, -0.2) is 56.9 Å². The number of rotatable bonds is 8. The number of likely N-dealkylation sites (tertiary alicyclic amines) is 1. The van der Waals surface area contributed by atoms with Gasteiger partial charge in [-0.1, -0.05) is 48.0 Å². The van der Waals surface area contributed by atoms with Crippen molar-refractivity contribution in [3.8, 4) is 17.3 Å². The van der Waals surface area contributed by atoms with E-state index in [1.54, 1.807) is 24.3 Å². The maximum Gasteiger partial charge on any atom is 0.269 e. The van der Waals surface area contributed by atoms with Gasteiger partial charge in [-0.25, -0.2) is 8.78 Å². The van der Waals surface area contributed by atoms with Gasteiger partial charge >= 0.3 is 0 Å². The molecule has 2 atom stereocenters. The van der Waals surface area contributed by atoms with Gasteiger partial charge in [0.05, 0.1) is 18.1 Å². The zero-order valence-corrected chi connectivity index (χ0v) is 23.1. The summed E-state index contributed by atoms with van der Waals surface area (Å²) in [5.74, 6) is -3.42. The number of carbonyl (C=O) groups excluding carboxylic acids is 4. The molecular weight excluding hydrogens is 582 g/mol.